The molecule has 2 aromatic heterocycles. The van der Waals surface area contributed by atoms with Gasteiger partial charge in [0.25, 0.3) is 11.5 Å². The number of nitrogens with one attached hydrogen (secondary N) is 1. The molecule has 1 fully saturated rings. The summed E-state index contributed by atoms with van der Waals surface area (Å²) in [7, 11) is 3.92. The maximum Gasteiger partial charge on any atom is 0.269 e. The SMILES string of the molecule is CN(C)c1ccc(/C=c2\s/c(=C(/C#N)C(=O)NCCN3CCOCC3)n(Cc3ccco3)c2=O)cc1. The van der Waals surface area contributed by atoms with Crippen molar-refractivity contribution in [2.75, 3.05) is 58.4 Å². The van der Waals surface area contributed by atoms with Crippen molar-refractivity contribution in [1.82, 2.24) is 14.8 Å². The normalized spacial score (nSPS) is 15.4. The Morgan fingerprint density at radius 2 is 1.97 bits per heavy atom. The van der Waals surface area contributed by atoms with E-state index in [1.165, 1.54) is 10.8 Å². The molecule has 1 amide bonds. The number of carbonyl (C=O) groups excluding carboxylic acids is 1. The molecule has 0 radical (unpaired) electrons. The van der Waals surface area contributed by atoms with Gasteiger partial charge in [-0.2, -0.15) is 5.26 Å². The highest BCUT2D eigenvalue weighted by atomic mass is 32.1. The molecule has 188 valence electrons. The number of rotatable bonds is 8. The third-order valence-corrected chi connectivity index (χ3v) is 7.01. The first-order valence-corrected chi connectivity index (χ1v) is 12.5. The van der Waals surface area contributed by atoms with Gasteiger partial charge in [-0.1, -0.05) is 12.1 Å². The molecule has 3 aromatic rings. The number of aromatic nitrogens is 1. The molecule has 1 aliphatic rings. The van der Waals surface area contributed by atoms with Gasteiger partial charge in [0, 0.05) is 46.0 Å². The molecule has 1 aromatic carbocycles. The Kier molecular flexibility index (Phi) is 8.38. The van der Waals surface area contributed by atoms with Crippen LogP contribution in [0.15, 0.2) is 51.9 Å². The van der Waals surface area contributed by atoms with Crippen molar-refractivity contribution in [2.24, 2.45) is 0 Å². The molecule has 10 heteroatoms. The minimum absolute atomic E-state index is 0.0896. The van der Waals surface area contributed by atoms with Gasteiger partial charge in [-0.25, -0.2) is 0 Å². The van der Waals surface area contributed by atoms with Crippen LogP contribution in [0, 0.1) is 11.3 Å². The molecule has 36 heavy (non-hydrogen) atoms. The van der Waals surface area contributed by atoms with E-state index >= 15 is 0 Å². The van der Waals surface area contributed by atoms with Gasteiger partial charge in [0.05, 0.1) is 30.6 Å². The average Bonchev–Trinajstić information content (AvgIpc) is 3.50. The summed E-state index contributed by atoms with van der Waals surface area (Å²) in [6.45, 7) is 4.16. The van der Waals surface area contributed by atoms with Gasteiger partial charge >= 0.3 is 0 Å². The summed E-state index contributed by atoms with van der Waals surface area (Å²) in [6.07, 6.45) is 3.30. The monoisotopic (exact) mass is 507 g/mol. The number of amides is 1. The molecule has 1 aliphatic heterocycles. The van der Waals surface area contributed by atoms with Gasteiger partial charge in [0.1, 0.15) is 16.5 Å². The molecule has 0 bridgehead atoms. The number of nitriles is 1. The first kappa shape index (κ1) is 25.4. The van der Waals surface area contributed by atoms with Crippen molar-refractivity contribution in [3.8, 4) is 6.07 Å². The quantitative estimate of drug-likeness (QED) is 0.475. The smallest absolute Gasteiger partial charge is 0.269 e. The fourth-order valence-electron chi connectivity index (χ4n) is 3.86. The first-order valence-electron chi connectivity index (χ1n) is 11.7. The van der Waals surface area contributed by atoms with Gasteiger partial charge in [-0.3, -0.25) is 19.1 Å². The molecule has 0 aliphatic carbocycles. The van der Waals surface area contributed by atoms with E-state index in [9.17, 15) is 14.9 Å². The van der Waals surface area contributed by atoms with E-state index in [-0.39, 0.29) is 17.7 Å². The molecule has 0 unspecified atom stereocenters. The molecule has 4 rings (SSSR count). The molecule has 0 spiro atoms. The number of benzene rings is 1. The van der Waals surface area contributed by atoms with E-state index in [0.717, 1.165) is 35.7 Å². The van der Waals surface area contributed by atoms with E-state index in [0.29, 0.717) is 41.3 Å². The highest BCUT2D eigenvalue weighted by molar-refractivity contribution is 7.07. The number of thiazole rings is 1. The third-order valence-electron chi connectivity index (χ3n) is 5.88. The van der Waals surface area contributed by atoms with E-state index in [4.69, 9.17) is 9.15 Å². The lowest BCUT2D eigenvalue weighted by Crippen LogP contribution is -2.42. The van der Waals surface area contributed by atoms with Crippen LogP contribution in [0.5, 0.6) is 0 Å². The largest absolute Gasteiger partial charge is 0.467 e. The Morgan fingerprint density at radius 3 is 2.61 bits per heavy atom. The van der Waals surface area contributed by atoms with Gasteiger partial charge in [0.15, 0.2) is 5.57 Å². The number of morpholine rings is 1. The highest BCUT2D eigenvalue weighted by Gasteiger charge is 2.17. The number of carbonyl (C=O) groups is 1. The van der Waals surface area contributed by atoms with Crippen molar-refractivity contribution in [3.63, 3.8) is 0 Å². The summed E-state index contributed by atoms with van der Waals surface area (Å²) in [5.74, 6) is 0.0603. The maximum absolute atomic E-state index is 13.4. The van der Waals surface area contributed by atoms with Gasteiger partial charge < -0.3 is 19.4 Å². The number of hydrogen-bond donors (Lipinski definition) is 1. The van der Waals surface area contributed by atoms with Crippen LogP contribution in [0.1, 0.15) is 11.3 Å². The summed E-state index contributed by atoms with van der Waals surface area (Å²) in [6, 6.07) is 13.3. The van der Waals surface area contributed by atoms with Crippen LogP contribution in [0.4, 0.5) is 5.69 Å². The van der Waals surface area contributed by atoms with E-state index in [2.05, 4.69) is 10.2 Å². The molecular formula is C26H29N5O4S. The molecule has 9 nitrogen and oxygen atoms in total. The van der Waals surface area contributed by atoms with Crippen LogP contribution in [0.25, 0.3) is 11.6 Å². The van der Waals surface area contributed by atoms with Gasteiger partial charge in [-0.05, 0) is 35.9 Å². The van der Waals surface area contributed by atoms with Crippen molar-refractivity contribution in [1.29, 1.82) is 5.26 Å². The second-order valence-electron chi connectivity index (χ2n) is 8.57. The van der Waals surface area contributed by atoms with Gasteiger partial charge in [-0.15, -0.1) is 11.3 Å². The first-order chi connectivity index (χ1) is 17.5. The topological polar surface area (TPSA) is 104 Å². The lowest BCUT2D eigenvalue weighted by molar-refractivity contribution is -0.115. The fourth-order valence-corrected chi connectivity index (χ4v) is 4.96. The van der Waals surface area contributed by atoms with Gasteiger partial charge in [0.2, 0.25) is 0 Å². The number of hydrogen-bond acceptors (Lipinski definition) is 8. The van der Waals surface area contributed by atoms with Crippen molar-refractivity contribution >= 4 is 34.6 Å². The molecule has 0 saturated carbocycles. The molecular weight excluding hydrogens is 478 g/mol. The summed E-state index contributed by atoms with van der Waals surface area (Å²) >= 11 is 1.13. The highest BCUT2D eigenvalue weighted by Crippen LogP contribution is 2.12. The lowest BCUT2D eigenvalue weighted by Gasteiger charge is -2.26. The zero-order valence-corrected chi connectivity index (χ0v) is 21.2. The third kappa shape index (κ3) is 6.12. The molecule has 1 N–H and O–H groups in total. The maximum atomic E-state index is 13.4. The Bertz CT molecular complexity index is 1390. The second-order valence-corrected chi connectivity index (χ2v) is 9.60. The molecule has 0 atom stereocenters. The standard InChI is InChI=1S/C26H29N5O4S/c1-29(2)20-7-5-19(6-8-20)16-23-25(33)31(18-21-4-3-13-35-21)26(36-23)22(17-27)24(32)28-9-10-30-11-14-34-15-12-30/h3-8,13,16H,9-12,14-15,18H2,1-2H3,(H,28,32)/b23-16-,26-22-. The Balaban J connectivity index is 1.69. The van der Waals surface area contributed by atoms with E-state index in [1.807, 2.05) is 49.3 Å². The Labute approximate surface area is 213 Å². The van der Waals surface area contributed by atoms with Crippen LogP contribution in [0.3, 0.4) is 0 Å². The van der Waals surface area contributed by atoms with Crippen LogP contribution in [-0.4, -0.2) is 68.9 Å². The molecule has 3 heterocycles. The summed E-state index contributed by atoms with van der Waals surface area (Å²) in [5, 5.41) is 12.7. The average molecular weight is 508 g/mol. The number of ether oxygens (including phenoxy) is 1. The summed E-state index contributed by atoms with van der Waals surface area (Å²) in [4.78, 5) is 30.6. The number of nitrogens with zero attached hydrogens (tertiary/aromatic N) is 4. The van der Waals surface area contributed by atoms with Crippen LogP contribution in [-0.2, 0) is 16.1 Å². The van der Waals surface area contributed by atoms with Crippen molar-refractivity contribution in [2.45, 2.75) is 6.54 Å². The minimum Gasteiger partial charge on any atom is -0.467 e. The van der Waals surface area contributed by atoms with E-state index < -0.39 is 5.91 Å². The lowest BCUT2D eigenvalue weighted by atomic mass is 10.2. The van der Waals surface area contributed by atoms with Crippen molar-refractivity contribution < 1.29 is 13.9 Å². The van der Waals surface area contributed by atoms with Crippen LogP contribution in [0.2, 0.25) is 0 Å². The summed E-state index contributed by atoms with van der Waals surface area (Å²) in [5.41, 5.74) is 1.53. The zero-order chi connectivity index (χ0) is 25.5. The minimum atomic E-state index is -0.498. The van der Waals surface area contributed by atoms with Crippen LogP contribution < -0.4 is 25.0 Å². The predicted octanol–water partition coefficient (Wildman–Crippen LogP) is 0.569. The second kappa shape index (κ2) is 11.9. The fraction of sp³-hybridized carbons (Fsp3) is 0.346. The number of furan rings is 1. The summed E-state index contributed by atoms with van der Waals surface area (Å²) < 4.78 is 13.0. The number of anilines is 1. The zero-order valence-electron chi connectivity index (χ0n) is 20.4. The molecule has 1 saturated heterocycles. The van der Waals surface area contributed by atoms with Crippen molar-refractivity contribution in [3.05, 3.63) is 73.5 Å². The van der Waals surface area contributed by atoms with Crippen LogP contribution >= 0.6 is 11.3 Å². The van der Waals surface area contributed by atoms with E-state index in [1.54, 1.807) is 18.2 Å². The Morgan fingerprint density at radius 1 is 1.22 bits per heavy atom. The predicted molar refractivity (Wildman–Crippen MR) is 139 cm³/mol. The Hall–Kier alpha value is -3.65.